The van der Waals surface area contributed by atoms with Gasteiger partial charge in [-0.25, -0.2) is 4.39 Å². The Morgan fingerprint density at radius 3 is 2.26 bits per heavy atom. The molecule has 1 N–H and O–H groups in total. The Bertz CT molecular complexity index is 449. The van der Waals surface area contributed by atoms with Crippen molar-refractivity contribution in [1.29, 1.82) is 0 Å². The molecule has 5 atom stereocenters. The van der Waals surface area contributed by atoms with Crippen LogP contribution in [0.5, 0.6) is 0 Å². The minimum Gasteiger partial charge on any atom is -0.388 e. The summed E-state index contributed by atoms with van der Waals surface area (Å²) in [5.74, 6) is -0.167. The second kappa shape index (κ2) is 5.22. The third-order valence-electron chi connectivity index (χ3n) is 4.46. The van der Waals surface area contributed by atoms with Crippen LogP contribution in [-0.2, 0) is 4.74 Å². The lowest BCUT2D eigenvalue weighted by Gasteiger charge is -2.26. The fraction of sp³-hybridized carbons (Fsp3) is 0.625. The molecule has 0 aliphatic carbocycles. The van der Waals surface area contributed by atoms with Crippen LogP contribution in [0.1, 0.15) is 43.6 Å². The van der Waals surface area contributed by atoms with E-state index in [0.29, 0.717) is 5.56 Å². The molecule has 3 heteroatoms. The van der Waals surface area contributed by atoms with E-state index in [1.165, 1.54) is 6.07 Å². The van der Waals surface area contributed by atoms with Crippen LogP contribution >= 0.6 is 0 Å². The fourth-order valence-electron chi connectivity index (χ4n) is 3.33. The van der Waals surface area contributed by atoms with Crippen LogP contribution in [0.4, 0.5) is 4.39 Å². The zero-order valence-corrected chi connectivity index (χ0v) is 12.3. The summed E-state index contributed by atoms with van der Waals surface area (Å²) in [6, 6.07) is 3.40. The summed E-state index contributed by atoms with van der Waals surface area (Å²) in [6.45, 7) is 9.73. The first-order valence-corrected chi connectivity index (χ1v) is 6.93. The molecule has 0 spiro atoms. The van der Waals surface area contributed by atoms with E-state index in [2.05, 4.69) is 6.92 Å². The van der Waals surface area contributed by atoms with Gasteiger partial charge in [-0.15, -0.1) is 0 Å². The van der Waals surface area contributed by atoms with Crippen LogP contribution in [0.3, 0.4) is 0 Å². The van der Waals surface area contributed by atoms with Gasteiger partial charge in [0.15, 0.2) is 0 Å². The molecule has 1 aromatic rings. The van der Waals surface area contributed by atoms with Crippen LogP contribution in [0.2, 0.25) is 0 Å². The van der Waals surface area contributed by atoms with Gasteiger partial charge < -0.3 is 9.84 Å². The summed E-state index contributed by atoms with van der Waals surface area (Å²) in [4.78, 5) is 0. The van der Waals surface area contributed by atoms with E-state index in [0.717, 1.165) is 11.1 Å². The summed E-state index contributed by atoms with van der Waals surface area (Å²) in [5.41, 5.74) is 2.11. The summed E-state index contributed by atoms with van der Waals surface area (Å²) in [5, 5.41) is 10.6. The van der Waals surface area contributed by atoms with Crippen LogP contribution < -0.4 is 0 Å². The first-order valence-electron chi connectivity index (χ1n) is 6.93. The average Bonchev–Trinajstić information content (AvgIpc) is 2.51. The fourth-order valence-corrected chi connectivity index (χ4v) is 3.33. The van der Waals surface area contributed by atoms with Gasteiger partial charge in [0, 0.05) is 11.5 Å². The van der Waals surface area contributed by atoms with Gasteiger partial charge in [0.1, 0.15) is 5.82 Å². The van der Waals surface area contributed by atoms with Crippen LogP contribution in [0, 0.1) is 31.5 Å². The maximum Gasteiger partial charge on any atom is 0.129 e. The zero-order chi connectivity index (χ0) is 14.3. The number of benzene rings is 1. The second-order valence-electron chi connectivity index (χ2n) is 5.90. The van der Waals surface area contributed by atoms with E-state index >= 15 is 0 Å². The molecule has 2 rings (SSSR count). The lowest BCUT2D eigenvalue weighted by atomic mass is 9.81. The minimum atomic E-state index is -0.810. The predicted octanol–water partition coefficient (Wildman–Crippen LogP) is 3.54. The Morgan fingerprint density at radius 1 is 1.16 bits per heavy atom. The highest BCUT2D eigenvalue weighted by Gasteiger charge is 2.42. The molecule has 1 aliphatic heterocycles. The lowest BCUT2D eigenvalue weighted by molar-refractivity contribution is 0.0218. The highest BCUT2D eigenvalue weighted by atomic mass is 19.1. The molecule has 0 radical (unpaired) electrons. The highest BCUT2D eigenvalue weighted by Crippen LogP contribution is 2.42. The molecular weight excluding hydrogens is 243 g/mol. The molecule has 1 aliphatic rings. The maximum absolute atomic E-state index is 14.2. The summed E-state index contributed by atoms with van der Waals surface area (Å²) in [6.07, 6.45) is -0.765. The smallest absolute Gasteiger partial charge is 0.129 e. The number of halogens is 1. The van der Waals surface area contributed by atoms with Crippen molar-refractivity contribution in [3.05, 3.63) is 34.6 Å². The minimum absolute atomic E-state index is 0.0555. The van der Waals surface area contributed by atoms with Crippen molar-refractivity contribution in [2.45, 2.75) is 52.9 Å². The number of aryl methyl sites for hydroxylation is 2. The molecule has 1 saturated heterocycles. The average molecular weight is 266 g/mol. The van der Waals surface area contributed by atoms with Crippen LogP contribution in [-0.4, -0.2) is 17.3 Å². The molecule has 5 unspecified atom stereocenters. The summed E-state index contributed by atoms with van der Waals surface area (Å²) >= 11 is 0. The molecular formula is C16H23FO2. The van der Waals surface area contributed by atoms with Crippen molar-refractivity contribution in [3.63, 3.8) is 0 Å². The van der Waals surface area contributed by atoms with E-state index in [-0.39, 0.29) is 29.9 Å². The summed E-state index contributed by atoms with van der Waals surface area (Å²) in [7, 11) is 0. The van der Waals surface area contributed by atoms with Crippen molar-refractivity contribution in [1.82, 2.24) is 0 Å². The number of ether oxygens (including phenoxy) is 1. The van der Waals surface area contributed by atoms with Gasteiger partial charge in [0.25, 0.3) is 0 Å². The van der Waals surface area contributed by atoms with E-state index in [4.69, 9.17) is 4.74 Å². The van der Waals surface area contributed by atoms with Gasteiger partial charge in [-0.3, -0.25) is 0 Å². The molecule has 1 fully saturated rings. The Morgan fingerprint density at radius 2 is 1.79 bits per heavy atom. The molecule has 0 saturated carbocycles. The SMILES string of the molecule is Cc1cc(C)c(C(O)C2C(C)OC(C)C2C)c(F)c1. The van der Waals surface area contributed by atoms with Crippen LogP contribution in [0.15, 0.2) is 12.1 Å². The quantitative estimate of drug-likeness (QED) is 0.887. The number of rotatable bonds is 2. The number of aliphatic hydroxyl groups is 1. The van der Waals surface area contributed by atoms with Crippen molar-refractivity contribution in [2.24, 2.45) is 11.8 Å². The van der Waals surface area contributed by atoms with Gasteiger partial charge in [-0.1, -0.05) is 13.0 Å². The highest BCUT2D eigenvalue weighted by molar-refractivity contribution is 5.34. The topological polar surface area (TPSA) is 29.5 Å². The first kappa shape index (κ1) is 14.5. The van der Waals surface area contributed by atoms with Gasteiger partial charge in [0.05, 0.1) is 18.3 Å². The first-order chi connectivity index (χ1) is 8.82. The third kappa shape index (κ3) is 2.54. The summed E-state index contributed by atoms with van der Waals surface area (Å²) < 4.78 is 19.9. The maximum atomic E-state index is 14.2. The molecule has 1 heterocycles. The third-order valence-corrected chi connectivity index (χ3v) is 4.46. The Hall–Kier alpha value is -0.930. The molecule has 19 heavy (non-hydrogen) atoms. The van der Waals surface area contributed by atoms with Crippen molar-refractivity contribution in [3.8, 4) is 0 Å². The number of hydrogen-bond acceptors (Lipinski definition) is 2. The largest absolute Gasteiger partial charge is 0.388 e. The standard InChI is InChI=1S/C16H23FO2/c1-8-6-9(2)14(13(17)7-8)16(18)15-10(3)11(4)19-12(15)5/h6-7,10-12,15-16,18H,1-5H3. The second-order valence-corrected chi connectivity index (χ2v) is 5.90. The Balaban J connectivity index is 2.37. The Labute approximate surface area is 114 Å². The monoisotopic (exact) mass is 266 g/mol. The number of hydrogen-bond donors (Lipinski definition) is 1. The van der Waals surface area contributed by atoms with Gasteiger partial charge in [-0.05, 0) is 50.8 Å². The van der Waals surface area contributed by atoms with E-state index in [1.807, 2.05) is 33.8 Å². The molecule has 1 aromatic carbocycles. The van der Waals surface area contributed by atoms with Gasteiger partial charge >= 0.3 is 0 Å². The molecule has 0 amide bonds. The van der Waals surface area contributed by atoms with E-state index in [9.17, 15) is 9.50 Å². The van der Waals surface area contributed by atoms with Crippen molar-refractivity contribution >= 4 is 0 Å². The van der Waals surface area contributed by atoms with E-state index < -0.39 is 6.10 Å². The zero-order valence-electron chi connectivity index (χ0n) is 12.3. The van der Waals surface area contributed by atoms with Crippen molar-refractivity contribution < 1.29 is 14.2 Å². The van der Waals surface area contributed by atoms with E-state index in [1.54, 1.807) is 0 Å². The normalized spacial score (nSPS) is 32.6. The molecule has 0 bridgehead atoms. The van der Waals surface area contributed by atoms with Gasteiger partial charge in [0.2, 0.25) is 0 Å². The predicted molar refractivity (Wildman–Crippen MR) is 73.5 cm³/mol. The lowest BCUT2D eigenvalue weighted by Crippen LogP contribution is -2.26. The molecule has 0 aromatic heterocycles. The molecule has 106 valence electrons. The van der Waals surface area contributed by atoms with Crippen LogP contribution in [0.25, 0.3) is 0 Å². The van der Waals surface area contributed by atoms with Crippen molar-refractivity contribution in [2.75, 3.05) is 0 Å². The number of aliphatic hydroxyl groups excluding tert-OH is 1. The van der Waals surface area contributed by atoms with Gasteiger partial charge in [-0.2, -0.15) is 0 Å². The Kier molecular flexibility index (Phi) is 3.98. The molecule has 2 nitrogen and oxygen atoms in total.